The summed E-state index contributed by atoms with van der Waals surface area (Å²) in [6.45, 7) is 0.941. The fourth-order valence-corrected chi connectivity index (χ4v) is 4.49. The van der Waals surface area contributed by atoms with E-state index in [9.17, 15) is 19.1 Å². The van der Waals surface area contributed by atoms with Gasteiger partial charge in [-0.25, -0.2) is 9.07 Å². The minimum Gasteiger partial charge on any atom is -0.508 e. The second-order valence-electron chi connectivity index (χ2n) is 8.50. The molecule has 0 spiro atoms. The number of phenols is 1. The van der Waals surface area contributed by atoms with Crippen molar-refractivity contribution >= 4 is 11.8 Å². The van der Waals surface area contributed by atoms with Gasteiger partial charge in [0.15, 0.2) is 0 Å². The molecule has 33 heavy (non-hydrogen) atoms. The number of hydrogen-bond donors (Lipinski definition) is 3. The van der Waals surface area contributed by atoms with Crippen LogP contribution >= 0.6 is 0 Å². The summed E-state index contributed by atoms with van der Waals surface area (Å²) in [4.78, 5) is 27.3. The quantitative estimate of drug-likeness (QED) is 0.530. The minimum atomic E-state index is -0.615. The molecule has 2 aromatic carbocycles. The summed E-state index contributed by atoms with van der Waals surface area (Å²) in [5.74, 6) is -0.427. The molecule has 0 saturated carbocycles. The van der Waals surface area contributed by atoms with Crippen LogP contribution in [0.4, 0.5) is 4.39 Å². The van der Waals surface area contributed by atoms with E-state index in [-0.39, 0.29) is 29.4 Å². The maximum absolute atomic E-state index is 14.0. The van der Waals surface area contributed by atoms with Crippen LogP contribution in [0.15, 0.2) is 60.9 Å². The molecule has 2 saturated heterocycles. The molecule has 9 heteroatoms. The highest BCUT2D eigenvalue weighted by atomic mass is 19.1. The van der Waals surface area contributed by atoms with E-state index in [2.05, 4.69) is 15.7 Å². The Hall–Kier alpha value is -3.72. The van der Waals surface area contributed by atoms with E-state index in [0.717, 1.165) is 11.1 Å². The number of halogens is 1. The number of aromatic hydroxyl groups is 1. The monoisotopic (exact) mass is 449 g/mol. The van der Waals surface area contributed by atoms with Crippen molar-refractivity contribution in [2.45, 2.75) is 37.5 Å². The summed E-state index contributed by atoms with van der Waals surface area (Å²) in [5, 5.41) is 19.9. The van der Waals surface area contributed by atoms with E-state index in [1.165, 1.54) is 10.7 Å². The molecule has 2 amide bonds. The zero-order valence-corrected chi connectivity index (χ0v) is 17.8. The van der Waals surface area contributed by atoms with Gasteiger partial charge in [-0.15, -0.1) is 0 Å². The first-order valence-electron chi connectivity index (χ1n) is 10.9. The molecular weight excluding hydrogens is 425 g/mol. The molecule has 5 rings (SSSR count). The third-order valence-corrected chi connectivity index (χ3v) is 6.21. The topological polar surface area (TPSA) is 99.5 Å². The first kappa shape index (κ1) is 21.1. The van der Waals surface area contributed by atoms with Crippen molar-refractivity contribution in [3.8, 4) is 11.4 Å². The number of benzene rings is 2. The standard InChI is InChI=1S/C24H24FN5O3/c25-19-3-1-2-4-21(19)30-13-16(12-27-30)11-26-17-10-22-23(32)28-20(24(33)29(22)14-17)9-15-5-7-18(31)8-6-15/h1-8,12-13,17,20,22,26,31H,9-11,14H2,(H,28,32)/t17-,20+,22-/m0/s1. The molecule has 2 aliphatic heterocycles. The van der Waals surface area contributed by atoms with Gasteiger partial charge in [0.25, 0.3) is 0 Å². The zero-order chi connectivity index (χ0) is 22.9. The number of phenolic OH excluding ortho intramolecular Hbond substituents is 1. The Morgan fingerprint density at radius 3 is 2.70 bits per heavy atom. The average Bonchev–Trinajstić information content (AvgIpc) is 3.45. The largest absolute Gasteiger partial charge is 0.508 e. The number of amides is 2. The zero-order valence-electron chi connectivity index (χ0n) is 17.8. The van der Waals surface area contributed by atoms with Crippen molar-refractivity contribution in [3.05, 3.63) is 77.9 Å². The number of nitrogens with zero attached hydrogens (tertiary/aromatic N) is 3. The Morgan fingerprint density at radius 1 is 1.12 bits per heavy atom. The SMILES string of the molecule is O=C1N[C@H](Cc2ccc(O)cc2)C(=O)N2C[C@@H](NCc3cnn(-c4ccccc4F)c3)C[C@@H]12. The number of hydrogen-bond acceptors (Lipinski definition) is 5. The van der Waals surface area contributed by atoms with E-state index in [1.54, 1.807) is 59.8 Å². The van der Waals surface area contributed by atoms with Gasteiger partial charge in [0.2, 0.25) is 11.8 Å². The molecule has 3 N–H and O–H groups in total. The van der Waals surface area contributed by atoms with Crippen LogP contribution in [-0.2, 0) is 22.6 Å². The first-order valence-corrected chi connectivity index (χ1v) is 10.9. The predicted octanol–water partition coefficient (Wildman–Crippen LogP) is 1.52. The summed E-state index contributed by atoms with van der Waals surface area (Å²) in [7, 11) is 0. The van der Waals surface area contributed by atoms with E-state index < -0.39 is 12.1 Å². The van der Waals surface area contributed by atoms with Crippen LogP contribution in [0, 0.1) is 5.82 Å². The van der Waals surface area contributed by atoms with Crippen LogP contribution in [0.5, 0.6) is 5.75 Å². The number of fused-ring (bicyclic) bond motifs is 1. The van der Waals surface area contributed by atoms with E-state index in [1.807, 2.05) is 0 Å². The Kier molecular flexibility index (Phi) is 5.55. The number of aromatic nitrogens is 2. The van der Waals surface area contributed by atoms with E-state index in [4.69, 9.17) is 0 Å². The number of rotatable bonds is 6. The molecular formula is C24H24FN5O3. The number of piperazine rings is 1. The highest BCUT2D eigenvalue weighted by Crippen LogP contribution is 2.24. The van der Waals surface area contributed by atoms with Crippen molar-refractivity contribution in [1.29, 1.82) is 0 Å². The third kappa shape index (κ3) is 4.31. The van der Waals surface area contributed by atoms with Gasteiger partial charge in [0.1, 0.15) is 29.3 Å². The molecule has 2 fully saturated rings. The predicted molar refractivity (Wildman–Crippen MR) is 118 cm³/mol. The molecule has 3 atom stereocenters. The van der Waals surface area contributed by atoms with Gasteiger partial charge >= 0.3 is 0 Å². The van der Waals surface area contributed by atoms with Gasteiger partial charge in [-0.3, -0.25) is 9.59 Å². The molecule has 3 heterocycles. The maximum Gasteiger partial charge on any atom is 0.246 e. The van der Waals surface area contributed by atoms with Gasteiger partial charge in [-0.2, -0.15) is 5.10 Å². The molecule has 2 aliphatic rings. The molecule has 0 aliphatic carbocycles. The Labute approximate surface area is 190 Å². The fraction of sp³-hybridized carbons (Fsp3) is 0.292. The van der Waals surface area contributed by atoms with E-state index in [0.29, 0.717) is 31.6 Å². The van der Waals surface area contributed by atoms with Gasteiger partial charge in [0, 0.05) is 37.3 Å². The lowest BCUT2D eigenvalue weighted by Gasteiger charge is -2.34. The summed E-state index contributed by atoms with van der Waals surface area (Å²) in [6, 6.07) is 11.9. The molecule has 170 valence electrons. The molecule has 0 unspecified atom stereocenters. The van der Waals surface area contributed by atoms with Crippen LogP contribution < -0.4 is 10.6 Å². The smallest absolute Gasteiger partial charge is 0.246 e. The maximum atomic E-state index is 14.0. The van der Waals surface area contributed by atoms with Crippen LogP contribution in [0.25, 0.3) is 5.69 Å². The van der Waals surface area contributed by atoms with E-state index >= 15 is 0 Å². The average molecular weight is 449 g/mol. The molecule has 1 aromatic heterocycles. The van der Waals surface area contributed by atoms with Gasteiger partial charge < -0.3 is 20.6 Å². The van der Waals surface area contributed by atoms with Crippen LogP contribution in [0.2, 0.25) is 0 Å². The van der Waals surface area contributed by atoms with Gasteiger partial charge in [-0.05, 0) is 36.2 Å². The molecule has 8 nitrogen and oxygen atoms in total. The summed E-state index contributed by atoms with van der Waals surface area (Å²) in [5.41, 5.74) is 2.12. The van der Waals surface area contributed by atoms with Crippen molar-refractivity contribution in [3.63, 3.8) is 0 Å². The van der Waals surface area contributed by atoms with Crippen molar-refractivity contribution in [2.75, 3.05) is 6.54 Å². The number of carbonyl (C=O) groups excluding carboxylic acids is 2. The number of nitrogens with one attached hydrogen (secondary N) is 2. The lowest BCUT2D eigenvalue weighted by molar-refractivity contribution is -0.147. The highest BCUT2D eigenvalue weighted by Gasteiger charge is 2.46. The van der Waals surface area contributed by atoms with Crippen molar-refractivity contribution < 1.29 is 19.1 Å². The molecule has 0 radical (unpaired) electrons. The summed E-state index contributed by atoms with van der Waals surface area (Å²) in [6.07, 6.45) is 4.35. The Balaban J connectivity index is 1.20. The summed E-state index contributed by atoms with van der Waals surface area (Å²) >= 11 is 0. The number of carbonyl (C=O) groups is 2. The van der Waals surface area contributed by atoms with Crippen molar-refractivity contribution in [2.24, 2.45) is 0 Å². The fourth-order valence-electron chi connectivity index (χ4n) is 4.49. The third-order valence-electron chi connectivity index (χ3n) is 6.21. The minimum absolute atomic E-state index is 0.0334. The van der Waals surface area contributed by atoms with Crippen molar-refractivity contribution in [1.82, 2.24) is 25.3 Å². The van der Waals surface area contributed by atoms with Gasteiger partial charge in [0.05, 0.1) is 6.20 Å². The van der Waals surface area contributed by atoms with Crippen LogP contribution in [0.1, 0.15) is 17.5 Å². The van der Waals surface area contributed by atoms with Crippen LogP contribution in [-0.4, -0.2) is 56.3 Å². The van der Waals surface area contributed by atoms with Gasteiger partial charge in [-0.1, -0.05) is 24.3 Å². The normalized spacial score (nSPS) is 22.3. The lowest BCUT2D eigenvalue weighted by Crippen LogP contribution is -2.61. The lowest BCUT2D eigenvalue weighted by atomic mass is 10.0. The molecule has 3 aromatic rings. The Bertz CT molecular complexity index is 1180. The summed E-state index contributed by atoms with van der Waals surface area (Å²) < 4.78 is 15.5. The second-order valence-corrected chi connectivity index (χ2v) is 8.50. The Morgan fingerprint density at radius 2 is 1.91 bits per heavy atom. The highest BCUT2D eigenvalue weighted by molar-refractivity contribution is 5.97. The molecule has 0 bridgehead atoms. The van der Waals surface area contributed by atoms with Crippen LogP contribution in [0.3, 0.4) is 0 Å². The second kappa shape index (κ2) is 8.67. The number of para-hydroxylation sites is 1. The first-order chi connectivity index (χ1) is 16.0.